The van der Waals surface area contributed by atoms with Gasteiger partial charge < -0.3 is 31.8 Å². The first-order valence-electron chi connectivity index (χ1n) is 7.62. The third-order valence-corrected chi connectivity index (χ3v) is 1.87. The number of rotatable bonds is 7. The Balaban J connectivity index is -0.000000149. The molecule has 0 radical (unpaired) electrons. The Morgan fingerprint density at radius 3 is 1.19 bits per heavy atom. The van der Waals surface area contributed by atoms with E-state index in [4.69, 9.17) is 9.47 Å². The van der Waals surface area contributed by atoms with Gasteiger partial charge in [-0.2, -0.15) is 0 Å². The number of carboxylic acid groups (broad SMARTS) is 1. The van der Waals surface area contributed by atoms with Crippen LogP contribution in [0.25, 0.3) is 0 Å². The second-order valence-electron chi connectivity index (χ2n) is 7.24. The highest BCUT2D eigenvalue weighted by molar-refractivity contribution is 5.83. The fraction of sp³-hybridized carbons (Fsp3) is 0.500. The highest BCUT2D eigenvalue weighted by Crippen LogP contribution is 1.91. The van der Waals surface area contributed by atoms with E-state index in [1.165, 1.54) is 6.92 Å². The molecule has 0 amide bonds. The predicted octanol–water partition coefficient (Wildman–Crippen LogP) is -2.92. The zero-order valence-electron chi connectivity index (χ0n) is 17.4. The van der Waals surface area contributed by atoms with Crippen molar-refractivity contribution in [1.82, 2.24) is 0 Å². The molecule has 27 heavy (non-hydrogen) atoms. The summed E-state index contributed by atoms with van der Waals surface area (Å²) in [6, 6.07) is 0. The molecule has 158 valence electrons. The van der Waals surface area contributed by atoms with E-state index in [2.05, 4.69) is 19.7 Å². The van der Waals surface area contributed by atoms with E-state index in [-0.39, 0.29) is 29.9 Å². The molecule has 8 nitrogen and oxygen atoms in total. The molecule has 0 aliphatic rings. The van der Waals surface area contributed by atoms with Crippen molar-refractivity contribution in [2.24, 2.45) is 0 Å². The number of halogens is 1. The molecule has 0 aliphatic heterocycles. The van der Waals surface area contributed by atoms with Gasteiger partial charge in [0.15, 0.2) is 0 Å². The fourth-order valence-corrected chi connectivity index (χ4v) is 0.632. The van der Waals surface area contributed by atoms with E-state index in [9.17, 15) is 19.5 Å². The minimum Gasteiger partial charge on any atom is -1.00 e. The quantitative estimate of drug-likeness (QED) is 0.194. The molecule has 0 rings (SSSR count). The van der Waals surface area contributed by atoms with Crippen molar-refractivity contribution in [1.29, 1.82) is 0 Å². The summed E-state index contributed by atoms with van der Waals surface area (Å²) in [5.41, 5.74) is 0.0648. The Labute approximate surface area is 168 Å². The molecular weight excluding hydrogens is 376 g/mol. The monoisotopic (exact) mass is 408 g/mol. The Morgan fingerprint density at radius 2 is 1.07 bits per heavy atom. The van der Waals surface area contributed by atoms with E-state index in [0.29, 0.717) is 22.4 Å². The largest absolute Gasteiger partial charge is 1.00 e. The number of aliphatic carboxylic acids is 1. The molecular formula is C18H33ClN2O6. The van der Waals surface area contributed by atoms with Crippen LogP contribution in [0.4, 0.5) is 0 Å². The van der Waals surface area contributed by atoms with Crippen LogP contribution in [0.2, 0.25) is 0 Å². The maximum absolute atomic E-state index is 10.5. The van der Waals surface area contributed by atoms with Gasteiger partial charge in [-0.15, -0.1) is 0 Å². The van der Waals surface area contributed by atoms with Crippen LogP contribution in [0.1, 0.15) is 6.92 Å². The second kappa shape index (κ2) is 16.0. The third-order valence-electron chi connectivity index (χ3n) is 1.87. The van der Waals surface area contributed by atoms with E-state index in [1.54, 1.807) is 0 Å². The highest BCUT2D eigenvalue weighted by atomic mass is 35.5. The van der Waals surface area contributed by atoms with Crippen LogP contribution in [0.15, 0.2) is 37.5 Å². The number of esters is 2. The average Bonchev–Trinajstić information content (AvgIpc) is 2.49. The van der Waals surface area contributed by atoms with Crippen LogP contribution in [0, 0.1) is 0 Å². The van der Waals surface area contributed by atoms with Gasteiger partial charge in [-0.1, -0.05) is 19.7 Å². The number of quaternary nitrogens is 2. The molecule has 0 atom stereocenters. The molecule has 0 fully saturated rings. The van der Waals surface area contributed by atoms with E-state index in [1.807, 2.05) is 42.3 Å². The molecule has 0 saturated heterocycles. The number of ether oxygens (including phenoxy) is 2. The van der Waals surface area contributed by atoms with Crippen molar-refractivity contribution >= 4 is 17.9 Å². The van der Waals surface area contributed by atoms with Crippen LogP contribution in [0.5, 0.6) is 0 Å². The summed E-state index contributed by atoms with van der Waals surface area (Å²) < 4.78 is 10.8. The number of carbonyl (C=O) groups is 3. The van der Waals surface area contributed by atoms with Crippen molar-refractivity contribution in [2.75, 3.05) is 55.7 Å². The summed E-state index contributed by atoms with van der Waals surface area (Å²) in [6.45, 7) is 11.8. The van der Waals surface area contributed by atoms with Gasteiger partial charge in [0, 0.05) is 12.2 Å². The average molecular weight is 409 g/mol. The zero-order valence-corrected chi connectivity index (χ0v) is 18.2. The molecule has 9 heteroatoms. The number of carbonyl (C=O) groups excluding carboxylic acids is 3. The lowest BCUT2D eigenvalue weighted by Crippen LogP contribution is -3.00. The molecule has 0 unspecified atom stereocenters. The summed E-state index contributed by atoms with van der Waals surface area (Å²) in [5, 5.41) is 9.49. The molecule has 0 saturated carbocycles. The molecule has 0 aromatic carbocycles. The summed E-state index contributed by atoms with van der Waals surface area (Å²) in [5.74, 6) is -1.92. The molecule has 0 heterocycles. The summed E-state index contributed by atoms with van der Waals surface area (Å²) in [7, 11) is 11.6. The standard InChI is InChI=1S/2C7H14NO2.C4H6O2.ClH/c2*1-5-7(9)10-6-8(2,3)4;1-3(2)4(5)6;/h2*5H,1,6H2,2-4H3;1H2,2H3,(H,5,6);1H/q2*+1;;/p-2. The Hall–Kier alpha value is -2.16. The normalized spacial score (nSPS) is 9.59. The van der Waals surface area contributed by atoms with Crippen molar-refractivity contribution in [3.63, 3.8) is 0 Å². The minimum absolute atomic E-state index is 0. The minimum atomic E-state index is -1.19. The SMILES string of the molecule is C=C(C)C(=O)[O-].C=CC(=O)OC[N+](C)(C)C.C=CC(=O)OC[N+](C)(C)C.[Cl-]. The Morgan fingerprint density at radius 1 is 0.852 bits per heavy atom. The first-order valence-corrected chi connectivity index (χ1v) is 7.62. The van der Waals surface area contributed by atoms with Crippen LogP contribution >= 0.6 is 0 Å². The third kappa shape index (κ3) is 35.7. The van der Waals surface area contributed by atoms with Crippen molar-refractivity contribution in [3.8, 4) is 0 Å². The van der Waals surface area contributed by atoms with E-state index in [0.717, 1.165) is 12.2 Å². The van der Waals surface area contributed by atoms with Gasteiger partial charge in [0.25, 0.3) is 0 Å². The maximum Gasteiger partial charge on any atom is 0.334 e. The number of nitrogens with zero attached hydrogens (tertiary/aromatic N) is 2. The van der Waals surface area contributed by atoms with Gasteiger partial charge in [-0.3, -0.25) is 8.97 Å². The van der Waals surface area contributed by atoms with E-state index >= 15 is 0 Å². The fourth-order valence-electron chi connectivity index (χ4n) is 0.632. The number of hydrogen-bond acceptors (Lipinski definition) is 6. The smallest absolute Gasteiger partial charge is 0.334 e. The van der Waals surface area contributed by atoms with Gasteiger partial charge in [0.2, 0.25) is 13.5 Å². The van der Waals surface area contributed by atoms with Crippen LogP contribution in [-0.4, -0.2) is 82.6 Å². The lowest BCUT2D eigenvalue weighted by molar-refractivity contribution is -0.888. The molecule has 0 bridgehead atoms. The van der Waals surface area contributed by atoms with Gasteiger partial charge in [0.1, 0.15) is 0 Å². The van der Waals surface area contributed by atoms with Crippen molar-refractivity contribution in [2.45, 2.75) is 6.92 Å². The van der Waals surface area contributed by atoms with Gasteiger partial charge in [-0.25, -0.2) is 9.59 Å². The first-order chi connectivity index (χ1) is 11.6. The van der Waals surface area contributed by atoms with Crippen molar-refractivity contribution < 1.29 is 50.3 Å². The first kappa shape index (κ1) is 32.5. The Bertz CT molecular complexity index is 459. The second-order valence-corrected chi connectivity index (χ2v) is 7.24. The topological polar surface area (TPSA) is 92.7 Å². The molecule has 0 aliphatic carbocycles. The van der Waals surface area contributed by atoms with E-state index < -0.39 is 5.97 Å². The molecule has 0 aromatic heterocycles. The van der Waals surface area contributed by atoms with Crippen molar-refractivity contribution in [3.05, 3.63) is 37.5 Å². The van der Waals surface area contributed by atoms with Gasteiger partial charge in [0.05, 0.1) is 48.3 Å². The number of hydrogen-bond donors (Lipinski definition) is 0. The summed E-state index contributed by atoms with van der Waals surface area (Å²) in [4.78, 5) is 30.5. The summed E-state index contributed by atoms with van der Waals surface area (Å²) >= 11 is 0. The lowest BCUT2D eigenvalue weighted by Gasteiger charge is -2.22. The predicted molar refractivity (Wildman–Crippen MR) is 98.2 cm³/mol. The molecule has 0 N–H and O–H groups in total. The number of carboxylic acids is 1. The lowest BCUT2D eigenvalue weighted by atomic mass is 10.4. The molecule has 0 spiro atoms. The maximum atomic E-state index is 10.5. The van der Waals surface area contributed by atoms with Gasteiger partial charge >= 0.3 is 11.9 Å². The van der Waals surface area contributed by atoms with Crippen LogP contribution in [0.3, 0.4) is 0 Å². The molecule has 0 aromatic rings. The van der Waals surface area contributed by atoms with Gasteiger partial charge in [-0.05, 0) is 12.5 Å². The highest BCUT2D eigenvalue weighted by Gasteiger charge is 2.08. The van der Waals surface area contributed by atoms with Crippen LogP contribution in [-0.2, 0) is 23.9 Å². The summed E-state index contributed by atoms with van der Waals surface area (Å²) in [6.07, 6.45) is 2.32. The Kier molecular flexibility index (Phi) is 19.3. The zero-order chi connectivity index (χ0) is 21.6. The van der Waals surface area contributed by atoms with Crippen LogP contribution < -0.4 is 17.5 Å².